The standard InChI is InChI=1S/C28H18N2/c1-3-17-16-25-28-26(18(17)4-2)21-11-6-8-14-23(21)29(28)24-15-9-12-20-19-10-5-7-13-22(19)30(25)27(20)24/h3-16H,1-2H2. The van der Waals surface area contributed by atoms with Crippen molar-refractivity contribution in [2.75, 3.05) is 0 Å². The van der Waals surface area contributed by atoms with E-state index in [0.717, 1.165) is 11.1 Å². The summed E-state index contributed by atoms with van der Waals surface area (Å²) in [6.07, 6.45) is 3.92. The monoisotopic (exact) mass is 382 g/mol. The summed E-state index contributed by atoms with van der Waals surface area (Å²) >= 11 is 0. The van der Waals surface area contributed by atoms with Gasteiger partial charge < -0.3 is 8.80 Å². The molecule has 0 amide bonds. The summed E-state index contributed by atoms with van der Waals surface area (Å²) < 4.78 is 4.86. The minimum atomic E-state index is 1.11. The maximum Gasteiger partial charge on any atom is 0.0789 e. The first-order valence-corrected chi connectivity index (χ1v) is 10.2. The molecule has 0 aliphatic rings. The van der Waals surface area contributed by atoms with Gasteiger partial charge in [-0.25, -0.2) is 0 Å². The summed E-state index contributed by atoms with van der Waals surface area (Å²) in [5.74, 6) is 0. The van der Waals surface area contributed by atoms with Crippen LogP contribution < -0.4 is 0 Å². The molecule has 4 aromatic carbocycles. The van der Waals surface area contributed by atoms with E-state index in [-0.39, 0.29) is 0 Å². The topological polar surface area (TPSA) is 8.82 Å². The van der Waals surface area contributed by atoms with Crippen molar-refractivity contribution >= 4 is 66.8 Å². The molecule has 7 rings (SSSR count). The molecule has 30 heavy (non-hydrogen) atoms. The summed E-state index contributed by atoms with van der Waals surface area (Å²) in [6.45, 7) is 8.24. The Morgan fingerprint density at radius 3 is 1.97 bits per heavy atom. The third-order valence-electron chi connectivity index (χ3n) is 6.57. The predicted octanol–water partition coefficient (Wildman–Crippen LogP) is 7.53. The van der Waals surface area contributed by atoms with E-state index in [1.54, 1.807) is 0 Å². The van der Waals surface area contributed by atoms with Crippen LogP contribution in [0.4, 0.5) is 0 Å². The van der Waals surface area contributed by atoms with E-state index < -0.39 is 0 Å². The molecule has 3 aromatic heterocycles. The van der Waals surface area contributed by atoms with Crippen molar-refractivity contribution in [1.29, 1.82) is 0 Å². The second kappa shape index (κ2) is 5.31. The van der Waals surface area contributed by atoms with Gasteiger partial charge in [0.2, 0.25) is 0 Å². The lowest BCUT2D eigenvalue weighted by Gasteiger charge is -2.14. The Morgan fingerprint density at radius 1 is 0.567 bits per heavy atom. The van der Waals surface area contributed by atoms with Gasteiger partial charge in [0.25, 0.3) is 0 Å². The first kappa shape index (κ1) is 15.8. The van der Waals surface area contributed by atoms with Gasteiger partial charge in [0, 0.05) is 21.5 Å². The fraction of sp³-hybridized carbons (Fsp3) is 0. The molecule has 0 aliphatic heterocycles. The van der Waals surface area contributed by atoms with Crippen molar-refractivity contribution in [3.05, 3.63) is 97.1 Å². The van der Waals surface area contributed by atoms with Gasteiger partial charge in [-0.3, -0.25) is 0 Å². The Balaban J connectivity index is 2.00. The Kier molecular flexibility index (Phi) is 2.80. The van der Waals surface area contributed by atoms with Crippen molar-refractivity contribution in [3.8, 4) is 0 Å². The quantitative estimate of drug-likeness (QED) is 0.273. The van der Waals surface area contributed by atoms with E-state index in [0.29, 0.717) is 0 Å². The molecule has 0 radical (unpaired) electrons. The van der Waals surface area contributed by atoms with Gasteiger partial charge >= 0.3 is 0 Å². The van der Waals surface area contributed by atoms with Gasteiger partial charge in [-0.1, -0.05) is 73.8 Å². The molecule has 0 fully saturated rings. The van der Waals surface area contributed by atoms with E-state index in [1.807, 2.05) is 12.2 Å². The van der Waals surface area contributed by atoms with Crippen LogP contribution in [-0.4, -0.2) is 8.80 Å². The highest BCUT2D eigenvalue weighted by molar-refractivity contribution is 6.23. The predicted molar refractivity (Wildman–Crippen MR) is 130 cm³/mol. The minimum Gasteiger partial charge on any atom is -0.305 e. The third-order valence-corrected chi connectivity index (χ3v) is 6.57. The Labute approximate surface area is 172 Å². The fourth-order valence-corrected chi connectivity index (χ4v) is 5.43. The summed E-state index contributed by atoms with van der Waals surface area (Å²) in [5, 5.41) is 5.06. The minimum absolute atomic E-state index is 1.11. The molecular weight excluding hydrogens is 364 g/mol. The van der Waals surface area contributed by atoms with Crippen LogP contribution in [0.3, 0.4) is 0 Å². The van der Waals surface area contributed by atoms with Crippen molar-refractivity contribution in [3.63, 3.8) is 0 Å². The van der Waals surface area contributed by atoms with Gasteiger partial charge in [-0.2, -0.15) is 0 Å². The van der Waals surface area contributed by atoms with E-state index in [1.165, 1.54) is 54.6 Å². The molecule has 0 N–H and O–H groups in total. The number of rotatable bonds is 2. The lowest BCUT2D eigenvalue weighted by molar-refractivity contribution is 1.25. The van der Waals surface area contributed by atoms with Crippen molar-refractivity contribution in [2.45, 2.75) is 0 Å². The second-order valence-corrected chi connectivity index (χ2v) is 7.91. The summed E-state index contributed by atoms with van der Waals surface area (Å²) in [4.78, 5) is 0. The molecule has 0 spiro atoms. The molecule has 0 bridgehead atoms. The first-order chi connectivity index (χ1) is 14.8. The van der Waals surface area contributed by atoms with Crippen LogP contribution in [0.15, 0.2) is 86.0 Å². The third kappa shape index (κ3) is 1.63. The summed E-state index contributed by atoms with van der Waals surface area (Å²) in [7, 11) is 0. The van der Waals surface area contributed by atoms with Gasteiger partial charge in [0.05, 0.1) is 33.1 Å². The smallest absolute Gasteiger partial charge is 0.0789 e. The van der Waals surface area contributed by atoms with Crippen LogP contribution in [0.1, 0.15) is 11.1 Å². The number of nitrogens with zero attached hydrogens (tertiary/aromatic N) is 2. The van der Waals surface area contributed by atoms with Crippen LogP contribution in [0.25, 0.3) is 66.8 Å². The van der Waals surface area contributed by atoms with Gasteiger partial charge in [0.15, 0.2) is 0 Å². The van der Waals surface area contributed by atoms with Gasteiger partial charge in [-0.15, -0.1) is 0 Å². The molecule has 7 aromatic rings. The van der Waals surface area contributed by atoms with E-state index in [9.17, 15) is 0 Å². The maximum atomic E-state index is 4.14. The lowest BCUT2D eigenvalue weighted by atomic mass is 9.99. The highest BCUT2D eigenvalue weighted by Gasteiger charge is 2.22. The summed E-state index contributed by atoms with van der Waals surface area (Å²) in [6, 6.07) is 26.3. The highest BCUT2D eigenvalue weighted by Crippen LogP contribution is 2.42. The molecule has 2 heteroatoms. The van der Waals surface area contributed by atoms with E-state index >= 15 is 0 Å². The fourth-order valence-electron chi connectivity index (χ4n) is 5.43. The van der Waals surface area contributed by atoms with E-state index in [4.69, 9.17) is 0 Å². The lowest BCUT2D eigenvalue weighted by Crippen LogP contribution is -1.98. The number of benzene rings is 4. The number of hydrogen-bond donors (Lipinski definition) is 0. The van der Waals surface area contributed by atoms with Crippen LogP contribution >= 0.6 is 0 Å². The number of para-hydroxylation sites is 3. The van der Waals surface area contributed by atoms with Crippen LogP contribution in [0, 0.1) is 0 Å². The highest BCUT2D eigenvalue weighted by atomic mass is 15.0. The number of fused-ring (bicyclic) bond motifs is 8. The molecule has 0 unspecified atom stereocenters. The van der Waals surface area contributed by atoms with Crippen LogP contribution in [0.5, 0.6) is 0 Å². The zero-order valence-corrected chi connectivity index (χ0v) is 16.4. The zero-order chi connectivity index (χ0) is 20.0. The van der Waals surface area contributed by atoms with Crippen molar-refractivity contribution in [1.82, 2.24) is 8.80 Å². The summed E-state index contributed by atoms with van der Waals surface area (Å²) in [5.41, 5.74) is 9.64. The molecular formula is C28H18N2. The molecule has 0 saturated heterocycles. The Hall–Kier alpha value is -4.04. The molecule has 2 nitrogen and oxygen atoms in total. The SMILES string of the molecule is C=Cc1cc2c3c(c1C=C)c1ccccc1n3c1cccc3c4ccccc4n2c31. The largest absolute Gasteiger partial charge is 0.305 e. The normalized spacial score (nSPS) is 12.3. The zero-order valence-electron chi connectivity index (χ0n) is 16.4. The van der Waals surface area contributed by atoms with Crippen LogP contribution in [0.2, 0.25) is 0 Å². The van der Waals surface area contributed by atoms with Crippen molar-refractivity contribution < 1.29 is 0 Å². The average molecular weight is 382 g/mol. The maximum absolute atomic E-state index is 4.14. The Morgan fingerprint density at radius 2 is 1.20 bits per heavy atom. The number of hydrogen-bond acceptors (Lipinski definition) is 0. The number of aromatic nitrogens is 2. The molecule has 140 valence electrons. The van der Waals surface area contributed by atoms with E-state index in [2.05, 4.69) is 94.8 Å². The van der Waals surface area contributed by atoms with Crippen LogP contribution in [-0.2, 0) is 0 Å². The molecule has 0 aliphatic carbocycles. The first-order valence-electron chi connectivity index (χ1n) is 10.2. The second-order valence-electron chi connectivity index (χ2n) is 7.91. The molecule has 3 heterocycles. The molecule has 0 saturated carbocycles. The Bertz CT molecular complexity index is 1820. The van der Waals surface area contributed by atoms with Gasteiger partial charge in [0.1, 0.15) is 0 Å². The molecule has 0 atom stereocenters. The van der Waals surface area contributed by atoms with Gasteiger partial charge in [-0.05, 0) is 35.4 Å². The van der Waals surface area contributed by atoms with Crippen molar-refractivity contribution in [2.24, 2.45) is 0 Å². The average Bonchev–Trinajstić information content (AvgIpc) is 3.32.